The molecule has 1 aromatic carbocycles. The zero-order valence-electron chi connectivity index (χ0n) is 12.3. The Bertz CT molecular complexity index is 517. The number of benzene rings is 1. The Balaban J connectivity index is 3.30. The fourth-order valence-corrected chi connectivity index (χ4v) is 1.97. The molecule has 1 unspecified atom stereocenters. The largest absolute Gasteiger partial charge is 0.496 e. The lowest BCUT2D eigenvalue weighted by Crippen LogP contribution is -2.50. The van der Waals surface area contributed by atoms with Crippen molar-refractivity contribution in [2.75, 3.05) is 20.8 Å². The topological polar surface area (TPSA) is 47.6 Å². The van der Waals surface area contributed by atoms with Crippen LogP contribution in [0.2, 0.25) is 0 Å². The molecule has 0 saturated heterocycles. The van der Waals surface area contributed by atoms with Crippen molar-refractivity contribution in [3.8, 4) is 5.75 Å². The van der Waals surface area contributed by atoms with Gasteiger partial charge in [0.1, 0.15) is 11.3 Å². The molecular weight excluding hydrogens is 287 g/mol. The number of hydrogen-bond acceptors (Lipinski definition) is 4. The van der Waals surface area contributed by atoms with Gasteiger partial charge in [0.05, 0.1) is 20.8 Å². The van der Waals surface area contributed by atoms with E-state index < -0.39 is 24.2 Å². The van der Waals surface area contributed by atoms with E-state index in [1.165, 1.54) is 14.0 Å². The third-order valence-corrected chi connectivity index (χ3v) is 3.13. The Hall–Kier alpha value is -1.76. The number of alkyl halides is 3. The van der Waals surface area contributed by atoms with Gasteiger partial charge in [0.15, 0.2) is 0 Å². The molecule has 0 aromatic heterocycles. The van der Waals surface area contributed by atoms with Gasteiger partial charge < -0.3 is 9.47 Å². The summed E-state index contributed by atoms with van der Waals surface area (Å²) < 4.78 is 47.2. The molecule has 0 amide bonds. The van der Waals surface area contributed by atoms with E-state index in [0.29, 0.717) is 11.3 Å². The maximum atomic E-state index is 12.5. The fraction of sp³-hybridized carbons (Fsp3) is 0.500. The van der Waals surface area contributed by atoms with Gasteiger partial charge in [-0.15, -0.1) is 0 Å². The highest BCUT2D eigenvalue weighted by atomic mass is 19.4. The number of esters is 1. The average molecular weight is 305 g/mol. The van der Waals surface area contributed by atoms with Crippen LogP contribution >= 0.6 is 0 Å². The highest BCUT2D eigenvalue weighted by Gasteiger charge is 2.42. The highest BCUT2D eigenvalue weighted by Crippen LogP contribution is 2.32. The third kappa shape index (κ3) is 4.10. The summed E-state index contributed by atoms with van der Waals surface area (Å²) in [5.74, 6) is -0.515. The van der Waals surface area contributed by atoms with Crippen LogP contribution in [0.25, 0.3) is 0 Å². The smallest absolute Gasteiger partial charge is 0.401 e. The molecule has 0 fully saturated rings. The highest BCUT2D eigenvalue weighted by molar-refractivity contribution is 5.83. The second-order valence-electron chi connectivity index (χ2n) is 4.79. The van der Waals surface area contributed by atoms with Gasteiger partial charge in [-0.1, -0.05) is 11.6 Å². The summed E-state index contributed by atoms with van der Waals surface area (Å²) in [6.45, 7) is 1.78. The Morgan fingerprint density at radius 1 is 1.29 bits per heavy atom. The minimum Gasteiger partial charge on any atom is -0.496 e. The first-order valence-corrected chi connectivity index (χ1v) is 6.19. The fourth-order valence-electron chi connectivity index (χ4n) is 1.97. The van der Waals surface area contributed by atoms with Gasteiger partial charge in [0.2, 0.25) is 0 Å². The number of rotatable bonds is 5. The SMILES string of the molecule is COC(=O)C(C)(NCC(F)(F)F)c1cc(C)ccc1OC. The Labute approximate surface area is 121 Å². The molecule has 0 aliphatic rings. The molecule has 1 aromatic rings. The van der Waals surface area contributed by atoms with Crippen molar-refractivity contribution in [1.29, 1.82) is 0 Å². The second-order valence-corrected chi connectivity index (χ2v) is 4.79. The summed E-state index contributed by atoms with van der Waals surface area (Å²) in [6.07, 6.45) is -4.45. The van der Waals surface area contributed by atoms with Crippen LogP contribution in [0.4, 0.5) is 13.2 Å². The summed E-state index contributed by atoms with van der Waals surface area (Å²) >= 11 is 0. The van der Waals surface area contributed by atoms with Gasteiger partial charge in [-0.2, -0.15) is 13.2 Å². The van der Waals surface area contributed by atoms with Crippen molar-refractivity contribution in [3.63, 3.8) is 0 Å². The number of halogens is 3. The number of carbonyl (C=O) groups excluding carboxylic acids is 1. The van der Waals surface area contributed by atoms with Crippen LogP contribution in [0.1, 0.15) is 18.1 Å². The zero-order valence-corrected chi connectivity index (χ0v) is 12.3. The van der Waals surface area contributed by atoms with Crippen LogP contribution in [0.3, 0.4) is 0 Å². The van der Waals surface area contributed by atoms with E-state index in [2.05, 4.69) is 10.1 Å². The summed E-state index contributed by atoms with van der Waals surface area (Å²) in [5, 5.41) is 2.23. The summed E-state index contributed by atoms with van der Waals surface area (Å²) in [7, 11) is 2.51. The lowest BCUT2D eigenvalue weighted by Gasteiger charge is -2.30. The molecule has 1 atom stereocenters. The van der Waals surface area contributed by atoms with Crippen molar-refractivity contribution in [2.24, 2.45) is 0 Å². The van der Waals surface area contributed by atoms with Gasteiger partial charge in [0.25, 0.3) is 0 Å². The predicted octanol–water partition coefficient (Wildman–Crippen LogP) is 2.54. The van der Waals surface area contributed by atoms with Crippen LogP contribution < -0.4 is 10.1 Å². The minimum atomic E-state index is -4.45. The number of methoxy groups -OCH3 is 2. The zero-order chi connectivity index (χ0) is 16.3. The Morgan fingerprint density at radius 3 is 2.38 bits per heavy atom. The van der Waals surface area contributed by atoms with Crippen LogP contribution in [-0.2, 0) is 15.1 Å². The maximum Gasteiger partial charge on any atom is 0.401 e. The quantitative estimate of drug-likeness (QED) is 0.849. The first-order valence-electron chi connectivity index (χ1n) is 6.19. The first kappa shape index (κ1) is 17.3. The van der Waals surface area contributed by atoms with Crippen LogP contribution in [-0.4, -0.2) is 32.9 Å². The number of carbonyl (C=O) groups is 1. The van der Waals surface area contributed by atoms with E-state index in [-0.39, 0.29) is 0 Å². The molecule has 118 valence electrons. The van der Waals surface area contributed by atoms with Crippen molar-refractivity contribution in [1.82, 2.24) is 5.32 Å². The molecule has 4 nitrogen and oxygen atoms in total. The monoisotopic (exact) mass is 305 g/mol. The van der Waals surface area contributed by atoms with E-state index in [4.69, 9.17) is 4.74 Å². The average Bonchev–Trinajstić information content (AvgIpc) is 2.43. The Morgan fingerprint density at radius 2 is 1.90 bits per heavy atom. The minimum absolute atomic E-state index is 0.293. The van der Waals surface area contributed by atoms with Crippen molar-refractivity contribution in [3.05, 3.63) is 29.3 Å². The summed E-state index contributed by atoms with van der Waals surface area (Å²) in [5.41, 5.74) is -0.586. The van der Waals surface area contributed by atoms with E-state index >= 15 is 0 Å². The molecule has 0 saturated carbocycles. The molecular formula is C14H18F3NO3. The van der Waals surface area contributed by atoms with Gasteiger partial charge in [-0.3, -0.25) is 5.32 Å². The molecule has 7 heteroatoms. The summed E-state index contributed by atoms with van der Waals surface area (Å²) in [6, 6.07) is 4.93. The van der Waals surface area contributed by atoms with Gasteiger partial charge in [-0.25, -0.2) is 4.79 Å². The number of ether oxygens (including phenoxy) is 2. The van der Waals surface area contributed by atoms with E-state index in [1.807, 2.05) is 0 Å². The number of nitrogens with one attached hydrogen (secondary N) is 1. The molecule has 0 radical (unpaired) electrons. The van der Waals surface area contributed by atoms with Crippen LogP contribution in [0, 0.1) is 6.92 Å². The van der Waals surface area contributed by atoms with E-state index in [0.717, 1.165) is 12.7 Å². The van der Waals surface area contributed by atoms with Crippen LogP contribution in [0.15, 0.2) is 18.2 Å². The van der Waals surface area contributed by atoms with Crippen molar-refractivity contribution in [2.45, 2.75) is 25.6 Å². The second kappa shape index (κ2) is 6.34. The van der Waals surface area contributed by atoms with E-state index in [9.17, 15) is 18.0 Å². The van der Waals surface area contributed by atoms with Crippen LogP contribution in [0.5, 0.6) is 5.75 Å². The molecule has 1 N–H and O–H groups in total. The van der Waals surface area contributed by atoms with Gasteiger partial charge in [0, 0.05) is 5.56 Å². The Kier molecular flexibility index (Phi) is 5.22. The normalized spacial score (nSPS) is 14.4. The molecule has 0 aliphatic heterocycles. The molecule has 0 spiro atoms. The first-order chi connectivity index (χ1) is 9.64. The van der Waals surface area contributed by atoms with Crippen molar-refractivity contribution < 1.29 is 27.4 Å². The molecule has 0 bridgehead atoms. The standard InChI is InChI=1S/C14H18F3NO3/c1-9-5-6-11(20-3)10(7-9)13(2,12(19)21-4)18-8-14(15,16)17/h5-7,18H,8H2,1-4H3. The molecule has 0 aliphatic carbocycles. The maximum absolute atomic E-state index is 12.5. The molecule has 0 heterocycles. The van der Waals surface area contributed by atoms with Crippen molar-refractivity contribution >= 4 is 5.97 Å². The molecule has 1 rings (SSSR count). The summed E-state index contributed by atoms with van der Waals surface area (Å²) in [4.78, 5) is 12.0. The number of hydrogen-bond donors (Lipinski definition) is 1. The predicted molar refractivity (Wildman–Crippen MR) is 71.2 cm³/mol. The van der Waals surface area contributed by atoms with Gasteiger partial charge >= 0.3 is 12.1 Å². The van der Waals surface area contributed by atoms with E-state index in [1.54, 1.807) is 25.1 Å². The molecule has 21 heavy (non-hydrogen) atoms. The third-order valence-electron chi connectivity index (χ3n) is 3.13. The lowest BCUT2D eigenvalue weighted by molar-refractivity contribution is -0.153. The lowest BCUT2D eigenvalue weighted by atomic mass is 9.89. The number of aryl methyl sites for hydroxylation is 1. The van der Waals surface area contributed by atoms with Gasteiger partial charge in [-0.05, 0) is 26.0 Å².